The molecule has 2 heterocycles. The van der Waals surface area contributed by atoms with Crippen molar-refractivity contribution in [3.8, 4) is 5.75 Å². The van der Waals surface area contributed by atoms with Crippen LogP contribution in [-0.2, 0) is 4.79 Å². The fourth-order valence-electron chi connectivity index (χ4n) is 2.90. The number of benzene rings is 2. The van der Waals surface area contributed by atoms with E-state index in [2.05, 4.69) is 16.4 Å². The summed E-state index contributed by atoms with van der Waals surface area (Å²) in [5, 5.41) is 3.14. The van der Waals surface area contributed by atoms with Crippen molar-refractivity contribution in [3.63, 3.8) is 0 Å². The van der Waals surface area contributed by atoms with Gasteiger partial charge in [-0.15, -0.1) is 11.3 Å². The number of thioether (sulfide) groups is 1. The second kappa shape index (κ2) is 7.45. The molecule has 0 fully saturated rings. The van der Waals surface area contributed by atoms with E-state index in [-0.39, 0.29) is 11.9 Å². The zero-order chi connectivity index (χ0) is 17.1. The van der Waals surface area contributed by atoms with Gasteiger partial charge >= 0.3 is 0 Å². The molecule has 1 amide bonds. The molecule has 0 saturated heterocycles. The lowest BCUT2D eigenvalue weighted by Crippen LogP contribution is -2.32. The minimum atomic E-state index is 0.0462. The van der Waals surface area contributed by atoms with Gasteiger partial charge in [0.25, 0.3) is 0 Å². The van der Waals surface area contributed by atoms with E-state index in [1.165, 1.54) is 4.70 Å². The van der Waals surface area contributed by atoms with Crippen LogP contribution in [0.3, 0.4) is 0 Å². The third kappa shape index (κ3) is 3.80. The Morgan fingerprint density at radius 1 is 1.24 bits per heavy atom. The summed E-state index contributed by atoms with van der Waals surface area (Å²) < 4.78 is 7.85. The zero-order valence-electron chi connectivity index (χ0n) is 13.6. The molecule has 25 heavy (non-hydrogen) atoms. The van der Waals surface area contributed by atoms with Gasteiger partial charge < -0.3 is 10.1 Å². The van der Waals surface area contributed by atoms with Crippen LogP contribution in [0.5, 0.6) is 5.75 Å². The summed E-state index contributed by atoms with van der Waals surface area (Å²) in [6.45, 7) is 0.641. The highest BCUT2D eigenvalue weighted by Gasteiger charge is 2.22. The van der Waals surface area contributed by atoms with Crippen molar-refractivity contribution in [2.24, 2.45) is 0 Å². The Labute approximate surface area is 154 Å². The topological polar surface area (TPSA) is 51.2 Å². The van der Waals surface area contributed by atoms with Crippen molar-refractivity contribution in [2.45, 2.75) is 23.2 Å². The molecule has 2 aromatic carbocycles. The van der Waals surface area contributed by atoms with Gasteiger partial charge in [-0.2, -0.15) is 0 Å². The molecule has 4 rings (SSSR count). The van der Waals surface area contributed by atoms with Crippen LogP contribution in [0.4, 0.5) is 0 Å². The average Bonchev–Trinajstić information content (AvgIpc) is 3.05. The minimum absolute atomic E-state index is 0.0462. The van der Waals surface area contributed by atoms with Gasteiger partial charge in [0.15, 0.2) is 4.34 Å². The quantitative estimate of drug-likeness (QED) is 0.676. The Balaban J connectivity index is 1.31. The van der Waals surface area contributed by atoms with E-state index >= 15 is 0 Å². The minimum Gasteiger partial charge on any atom is -0.493 e. The maximum atomic E-state index is 12.3. The number of hydrogen-bond donors (Lipinski definition) is 1. The van der Waals surface area contributed by atoms with Crippen LogP contribution in [0.15, 0.2) is 52.9 Å². The van der Waals surface area contributed by atoms with Crippen LogP contribution in [0, 0.1) is 0 Å². The Hall–Kier alpha value is -2.05. The molecule has 0 aliphatic carbocycles. The van der Waals surface area contributed by atoms with Crippen molar-refractivity contribution >= 4 is 39.2 Å². The lowest BCUT2D eigenvalue weighted by Gasteiger charge is -2.26. The number of carbonyl (C=O) groups excluding carboxylic acids is 1. The largest absolute Gasteiger partial charge is 0.493 e. The number of nitrogens with one attached hydrogen (secondary N) is 1. The molecule has 0 radical (unpaired) electrons. The van der Waals surface area contributed by atoms with Crippen LogP contribution in [0.1, 0.15) is 24.4 Å². The second-order valence-electron chi connectivity index (χ2n) is 5.84. The third-order valence-electron chi connectivity index (χ3n) is 4.12. The number of rotatable bonds is 5. The number of ether oxygens (including phenoxy) is 1. The van der Waals surface area contributed by atoms with Crippen molar-refractivity contribution in [1.82, 2.24) is 10.3 Å². The number of para-hydroxylation sites is 2. The van der Waals surface area contributed by atoms with Gasteiger partial charge in [-0.05, 0) is 18.2 Å². The summed E-state index contributed by atoms with van der Waals surface area (Å²) in [7, 11) is 0. The first-order valence-corrected chi connectivity index (χ1v) is 10.1. The first-order chi connectivity index (χ1) is 12.3. The highest BCUT2D eigenvalue weighted by molar-refractivity contribution is 8.01. The molecule has 6 heteroatoms. The fourth-order valence-corrected chi connectivity index (χ4v) is 4.98. The highest BCUT2D eigenvalue weighted by Crippen LogP contribution is 2.32. The van der Waals surface area contributed by atoms with Crippen molar-refractivity contribution in [3.05, 3.63) is 54.1 Å². The molecule has 1 aliphatic heterocycles. The van der Waals surface area contributed by atoms with Gasteiger partial charge in [-0.25, -0.2) is 4.98 Å². The molecule has 1 aliphatic rings. The van der Waals surface area contributed by atoms with E-state index < -0.39 is 0 Å². The first-order valence-electron chi connectivity index (χ1n) is 8.29. The van der Waals surface area contributed by atoms with E-state index in [1.807, 2.05) is 42.5 Å². The van der Waals surface area contributed by atoms with E-state index in [0.29, 0.717) is 13.0 Å². The Kier molecular flexibility index (Phi) is 4.90. The van der Waals surface area contributed by atoms with E-state index in [9.17, 15) is 4.79 Å². The molecule has 1 N–H and O–H groups in total. The maximum Gasteiger partial charge on any atom is 0.221 e. The van der Waals surface area contributed by atoms with E-state index in [4.69, 9.17) is 4.74 Å². The predicted octanol–water partition coefficient (Wildman–Crippen LogP) is 4.42. The van der Waals surface area contributed by atoms with E-state index in [1.54, 1.807) is 23.1 Å². The Morgan fingerprint density at radius 3 is 3.00 bits per heavy atom. The molecule has 128 valence electrons. The fraction of sp³-hybridized carbons (Fsp3) is 0.263. The number of carbonyl (C=O) groups is 1. The third-order valence-corrected chi connectivity index (χ3v) is 6.30. The Morgan fingerprint density at radius 2 is 2.08 bits per heavy atom. The molecule has 0 bridgehead atoms. The second-order valence-corrected chi connectivity index (χ2v) is 8.21. The highest BCUT2D eigenvalue weighted by atomic mass is 32.2. The smallest absolute Gasteiger partial charge is 0.221 e. The number of nitrogens with zero attached hydrogens (tertiary/aromatic N) is 1. The normalized spacial score (nSPS) is 16.2. The monoisotopic (exact) mass is 370 g/mol. The SMILES string of the molecule is O=C(CCSc1nc2ccccc2s1)N[C@H]1CCOc2ccccc21. The zero-order valence-corrected chi connectivity index (χ0v) is 15.2. The summed E-state index contributed by atoms with van der Waals surface area (Å²) in [5.74, 6) is 1.69. The summed E-state index contributed by atoms with van der Waals surface area (Å²) >= 11 is 3.32. The lowest BCUT2D eigenvalue weighted by atomic mass is 10.0. The van der Waals surface area contributed by atoms with E-state index in [0.717, 1.165) is 33.3 Å². The predicted molar refractivity (Wildman–Crippen MR) is 102 cm³/mol. The standard InChI is InChI=1S/C19H18N2O2S2/c22-18(20-14-9-11-23-16-7-3-1-5-13(14)16)10-12-24-19-21-15-6-2-4-8-17(15)25-19/h1-8,14H,9-12H2,(H,20,22)/t14-/m0/s1. The summed E-state index contributed by atoms with van der Waals surface area (Å²) in [4.78, 5) is 16.9. The lowest BCUT2D eigenvalue weighted by molar-refractivity contribution is -0.121. The molecular weight excluding hydrogens is 352 g/mol. The number of hydrogen-bond acceptors (Lipinski definition) is 5. The molecule has 1 atom stereocenters. The number of aromatic nitrogens is 1. The summed E-state index contributed by atoms with van der Waals surface area (Å²) in [5.41, 5.74) is 2.10. The summed E-state index contributed by atoms with van der Waals surface area (Å²) in [6.07, 6.45) is 1.30. The van der Waals surface area contributed by atoms with Gasteiger partial charge in [-0.1, -0.05) is 42.1 Å². The van der Waals surface area contributed by atoms with Gasteiger partial charge in [0.1, 0.15) is 5.75 Å². The molecule has 4 nitrogen and oxygen atoms in total. The molecule has 1 aromatic heterocycles. The molecule has 0 spiro atoms. The maximum absolute atomic E-state index is 12.3. The van der Waals surface area contributed by atoms with Crippen molar-refractivity contribution in [1.29, 1.82) is 0 Å². The van der Waals surface area contributed by atoms with Crippen LogP contribution in [-0.4, -0.2) is 23.3 Å². The van der Waals surface area contributed by atoms with Gasteiger partial charge in [0.05, 0.1) is 22.9 Å². The van der Waals surface area contributed by atoms with Crippen molar-refractivity contribution < 1.29 is 9.53 Å². The first kappa shape index (κ1) is 16.4. The number of fused-ring (bicyclic) bond motifs is 2. The van der Waals surface area contributed by atoms with Crippen LogP contribution >= 0.6 is 23.1 Å². The van der Waals surface area contributed by atoms with Crippen LogP contribution in [0.2, 0.25) is 0 Å². The number of thiazole rings is 1. The summed E-state index contributed by atoms with van der Waals surface area (Å²) in [6, 6.07) is 16.1. The van der Waals surface area contributed by atoms with Crippen LogP contribution in [0.25, 0.3) is 10.2 Å². The van der Waals surface area contributed by atoms with Gasteiger partial charge in [0.2, 0.25) is 5.91 Å². The molecule has 0 saturated carbocycles. The molecular formula is C19H18N2O2S2. The average molecular weight is 370 g/mol. The van der Waals surface area contributed by atoms with Gasteiger partial charge in [-0.3, -0.25) is 4.79 Å². The Bertz CT molecular complexity index is 861. The van der Waals surface area contributed by atoms with Crippen molar-refractivity contribution in [2.75, 3.05) is 12.4 Å². The van der Waals surface area contributed by atoms with Crippen LogP contribution < -0.4 is 10.1 Å². The molecule has 0 unspecified atom stereocenters. The number of amides is 1. The molecule has 3 aromatic rings. The van der Waals surface area contributed by atoms with Gasteiger partial charge in [0, 0.05) is 24.2 Å².